The first-order chi connectivity index (χ1) is 7.47. The average molecular weight is 283 g/mol. The second kappa shape index (κ2) is 5.62. The summed E-state index contributed by atoms with van der Waals surface area (Å²) in [5, 5.41) is 0. The number of benzene rings is 1. The number of hydrogen-bond donors (Lipinski definition) is 0. The zero-order chi connectivity index (χ0) is 12.3. The Morgan fingerprint density at radius 2 is 1.75 bits per heavy atom. The maximum atomic E-state index is 11.2. The molecule has 0 aliphatic rings. The molecule has 0 spiro atoms. The predicted molar refractivity (Wildman–Crippen MR) is 71.9 cm³/mol. The number of carbonyl (C=O) groups excluding carboxylic acids is 1. The van der Waals surface area contributed by atoms with E-state index >= 15 is 0 Å². The Labute approximate surface area is 106 Å². The molecule has 0 fully saturated rings. The summed E-state index contributed by atoms with van der Waals surface area (Å²) >= 11 is 3.48. The maximum Gasteiger partial charge on any atom is 0.127 e. The van der Waals surface area contributed by atoms with E-state index in [9.17, 15) is 4.79 Å². The minimum atomic E-state index is 0.00509. The molecule has 1 aromatic carbocycles. The summed E-state index contributed by atoms with van der Waals surface area (Å²) < 4.78 is 1.08. The SMILES string of the molecule is CC(C)c1cc(Br)ccc1C(C=O)C(C)C. The summed E-state index contributed by atoms with van der Waals surface area (Å²) in [5.74, 6) is 0.787. The highest BCUT2D eigenvalue weighted by atomic mass is 79.9. The van der Waals surface area contributed by atoms with Crippen LogP contribution in [0.2, 0.25) is 0 Å². The van der Waals surface area contributed by atoms with Gasteiger partial charge in [-0.25, -0.2) is 0 Å². The van der Waals surface area contributed by atoms with Gasteiger partial charge in [-0.15, -0.1) is 0 Å². The van der Waals surface area contributed by atoms with Crippen LogP contribution in [0.1, 0.15) is 50.7 Å². The van der Waals surface area contributed by atoms with E-state index < -0.39 is 0 Å². The van der Waals surface area contributed by atoms with E-state index in [-0.39, 0.29) is 5.92 Å². The molecule has 88 valence electrons. The van der Waals surface area contributed by atoms with E-state index in [1.165, 1.54) is 11.1 Å². The van der Waals surface area contributed by atoms with Crippen molar-refractivity contribution in [3.05, 3.63) is 33.8 Å². The number of rotatable bonds is 4. The second-order valence-corrected chi connectivity index (χ2v) is 5.75. The zero-order valence-corrected chi connectivity index (χ0v) is 11.9. The van der Waals surface area contributed by atoms with Crippen molar-refractivity contribution in [1.82, 2.24) is 0 Å². The van der Waals surface area contributed by atoms with Crippen molar-refractivity contribution in [3.8, 4) is 0 Å². The standard InChI is InChI=1S/C14H19BrO/c1-9(2)13-7-11(15)5-6-12(13)14(8-16)10(3)4/h5-10,14H,1-4H3. The lowest BCUT2D eigenvalue weighted by Gasteiger charge is -2.21. The minimum Gasteiger partial charge on any atom is -0.303 e. The van der Waals surface area contributed by atoms with Crippen LogP contribution in [0.3, 0.4) is 0 Å². The van der Waals surface area contributed by atoms with Gasteiger partial charge in [0.2, 0.25) is 0 Å². The van der Waals surface area contributed by atoms with E-state index in [2.05, 4.69) is 55.8 Å². The smallest absolute Gasteiger partial charge is 0.127 e. The van der Waals surface area contributed by atoms with Gasteiger partial charge in [-0.3, -0.25) is 0 Å². The minimum absolute atomic E-state index is 0.00509. The first-order valence-corrected chi connectivity index (χ1v) is 6.51. The topological polar surface area (TPSA) is 17.1 Å². The molecule has 0 heterocycles. The monoisotopic (exact) mass is 282 g/mol. The number of aldehydes is 1. The fraction of sp³-hybridized carbons (Fsp3) is 0.500. The third kappa shape index (κ3) is 2.94. The molecule has 0 aliphatic carbocycles. The van der Waals surface area contributed by atoms with Crippen molar-refractivity contribution in [2.24, 2.45) is 5.92 Å². The van der Waals surface area contributed by atoms with Crippen molar-refractivity contribution in [2.75, 3.05) is 0 Å². The van der Waals surface area contributed by atoms with Crippen molar-refractivity contribution < 1.29 is 4.79 Å². The molecular formula is C14H19BrO. The van der Waals surface area contributed by atoms with Crippen LogP contribution in [-0.4, -0.2) is 6.29 Å². The van der Waals surface area contributed by atoms with E-state index in [1.807, 2.05) is 6.07 Å². The molecular weight excluding hydrogens is 264 g/mol. The van der Waals surface area contributed by atoms with Gasteiger partial charge < -0.3 is 4.79 Å². The lowest BCUT2D eigenvalue weighted by molar-refractivity contribution is -0.109. The van der Waals surface area contributed by atoms with Gasteiger partial charge in [0.05, 0.1) is 0 Å². The molecule has 1 unspecified atom stereocenters. The van der Waals surface area contributed by atoms with Gasteiger partial charge in [0.1, 0.15) is 6.29 Å². The zero-order valence-electron chi connectivity index (χ0n) is 10.3. The summed E-state index contributed by atoms with van der Waals surface area (Å²) in [6, 6.07) is 6.21. The van der Waals surface area contributed by atoms with Crippen LogP contribution in [-0.2, 0) is 4.79 Å². The van der Waals surface area contributed by atoms with Gasteiger partial charge in [0.15, 0.2) is 0 Å². The summed E-state index contributed by atoms with van der Waals surface area (Å²) in [4.78, 5) is 11.2. The Kier molecular flexibility index (Phi) is 4.72. The van der Waals surface area contributed by atoms with Crippen LogP contribution < -0.4 is 0 Å². The Morgan fingerprint density at radius 3 is 2.19 bits per heavy atom. The average Bonchev–Trinajstić information content (AvgIpc) is 2.20. The normalized spacial score (nSPS) is 13.2. The molecule has 1 aromatic rings. The molecule has 0 amide bonds. The Balaban J connectivity index is 3.25. The fourth-order valence-corrected chi connectivity index (χ4v) is 2.32. The highest BCUT2D eigenvalue weighted by Gasteiger charge is 2.19. The molecule has 0 radical (unpaired) electrons. The summed E-state index contributed by atoms with van der Waals surface area (Å²) in [6.07, 6.45) is 1.07. The highest BCUT2D eigenvalue weighted by molar-refractivity contribution is 9.10. The first kappa shape index (κ1) is 13.4. The van der Waals surface area contributed by atoms with Crippen LogP contribution in [0, 0.1) is 5.92 Å². The van der Waals surface area contributed by atoms with Crippen LogP contribution in [0.25, 0.3) is 0 Å². The van der Waals surface area contributed by atoms with E-state index in [0.29, 0.717) is 11.8 Å². The van der Waals surface area contributed by atoms with Gasteiger partial charge in [-0.2, -0.15) is 0 Å². The van der Waals surface area contributed by atoms with Gasteiger partial charge >= 0.3 is 0 Å². The summed E-state index contributed by atoms with van der Waals surface area (Å²) in [6.45, 7) is 8.50. The van der Waals surface area contributed by atoms with Gasteiger partial charge in [0.25, 0.3) is 0 Å². The molecule has 1 nitrogen and oxygen atoms in total. The van der Waals surface area contributed by atoms with Crippen molar-refractivity contribution >= 4 is 22.2 Å². The third-order valence-corrected chi connectivity index (χ3v) is 3.39. The number of carbonyl (C=O) groups is 1. The molecule has 0 saturated carbocycles. The Morgan fingerprint density at radius 1 is 1.12 bits per heavy atom. The van der Waals surface area contributed by atoms with Crippen LogP contribution >= 0.6 is 15.9 Å². The van der Waals surface area contributed by atoms with Crippen LogP contribution in [0.5, 0.6) is 0 Å². The van der Waals surface area contributed by atoms with Crippen molar-refractivity contribution in [3.63, 3.8) is 0 Å². The molecule has 1 rings (SSSR count). The Hall–Kier alpha value is -0.630. The van der Waals surface area contributed by atoms with Crippen molar-refractivity contribution in [2.45, 2.75) is 39.5 Å². The molecule has 0 N–H and O–H groups in total. The largest absolute Gasteiger partial charge is 0.303 e. The molecule has 0 bridgehead atoms. The van der Waals surface area contributed by atoms with Gasteiger partial charge in [-0.1, -0.05) is 49.7 Å². The summed E-state index contributed by atoms with van der Waals surface area (Å²) in [5.41, 5.74) is 2.43. The van der Waals surface area contributed by atoms with Gasteiger partial charge in [-0.05, 0) is 35.1 Å². The Bertz CT molecular complexity index is 369. The highest BCUT2D eigenvalue weighted by Crippen LogP contribution is 2.31. The fourth-order valence-electron chi connectivity index (χ4n) is 1.94. The lowest BCUT2D eigenvalue weighted by atomic mass is 9.84. The van der Waals surface area contributed by atoms with E-state index in [0.717, 1.165) is 10.8 Å². The molecule has 0 saturated heterocycles. The molecule has 0 aliphatic heterocycles. The number of hydrogen-bond acceptors (Lipinski definition) is 1. The van der Waals surface area contributed by atoms with Crippen LogP contribution in [0.4, 0.5) is 0 Å². The number of halogens is 1. The molecule has 2 heteroatoms. The van der Waals surface area contributed by atoms with Crippen LogP contribution in [0.15, 0.2) is 22.7 Å². The molecule has 16 heavy (non-hydrogen) atoms. The summed E-state index contributed by atoms with van der Waals surface area (Å²) in [7, 11) is 0. The van der Waals surface area contributed by atoms with E-state index in [1.54, 1.807) is 0 Å². The first-order valence-electron chi connectivity index (χ1n) is 5.72. The third-order valence-electron chi connectivity index (χ3n) is 2.89. The molecule has 1 atom stereocenters. The maximum absolute atomic E-state index is 11.2. The molecule has 0 aromatic heterocycles. The van der Waals surface area contributed by atoms with Gasteiger partial charge in [0, 0.05) is 10.4 Å². The van der Waals surface area contributed by atoms with Crippen molar-refractivity contribution in [1.29, 1.82) is 0 Å². The second-order valence-electron chi connectivity index (χ2n) is 4.83. The van der Waals surface area contributed by atoms with E-state index in [4.69, 9.17) is 0 Å². The lowest BCUT2D eigenvalue weighted by Crippen LogP contribution is -2.11. The predicted octanol–water partition coefficient (Wildman–Crippen LogP) is 4.51. The quantitative estimate of drug-likeness (QED) is 0.743.